The smallest absolute Gasteiger partial charge is 0.311 e. The molecule has 2 rings (SSSR count). The Kier molecular flexibility index (Phi) is 4.54. The monoisotopic (exact) mass is 264 g/mol. The Morgan fingerprint density at radius 2 is 2.11 bits per heavy atom. The van der Waals surface area contributed by atoms with Gasteiger partial charge in [0.2, 0.25) is 5.82 Å². The van der Waals surface area contributed by atoms with Crippen molar-refractivity contribution in [3.63, 3.8) is 0 Å². The van der Waals surface area contributed by atoms with Gasteiger partial charge in [-0.15, -0.1) is 0 Å². The number of nitrogens with two attached hydrogens (primary N) is 1. The number of nitrogens with zero attached hydrogens (tertiary/aromatic N) is 2. The predicted molar refractivity (Wildman–Crippen MR) is 75.0 cm³/mol. The maximum atomic E-state index is 10.6. The minimum atomic E-state index is -0.520. The molecule has 1 aliphatic rings. The van der Waals surface area contributed by atoms with Crippen molar-refractivity contribution in [2.45, 2.75) is 38.5 Å². The normalized spacial score (nSPS) is 16.2. The molecule has 0 aromatic carbocycles. The summed E-state index contributed by atoms with van der Waals surface area (Å²) in [7, 11) is 0. The zero-order valence-electron chi connectivity index (χ0n) is 11.0. The Bertz CT molecular complexity index is 444. The molecule has 0 aliphatic heterocycles. The van der Waals surface area contributed by atoms with Gasteiger partial charge in [0.15, 0.2) is 0 Å². The Hall–Kier alpha value is -1.85. The Morgan fingerprint density at radius 1 is 1.37 bits per heavy atom. The van der Waals surface area contributed by atoms with E-state index in [2.05, 4.69) is 10.3 Å². The van der Waals surface area contributed by atoms with Crippen molar-refractivity contribution in [2.24, 2.45) is 5.92 Å². The maximum absolute atomic E-state index is 10.6. The molecule has 1 heterocycles. The van der Waals surface area contributed by atoms with Crippen LogP contribution in [0.3, 0.4) is 0 Å². The van der Waals surface area contributed by atoms with E-state index in [9.17, 15) is 10.1 Å². The average Bonchev–Trinajstić information content (AvgIpc) is 2.39. The van der Waals surface area contributed by atoms with Gasteiger partial charge in [-0.3, -0.25) is 10.1 Å². The highest BCUT2D eigenvalue weighted by molar-refractivity contribution is 5.57. The minimum Gasteiger partial charge on any atom is -0.378 e. The lowest BCUT2D eigenvalue weighted by molar-refractivity contribution is -0.384. The van der Waals surface area contributed by atoms with Crippen LogP contribution in [0.1, 0.15) is 38.5 Å². The first kappa shape index (κ1) is 13.6. The van der Waals surface area contributed by atoms with E-state index in [1.165, 1.54) is 38.2 Å². The molecular formula is C13H20N4O2. The lowest BCUT2D eigenvalue weighted by atomic mass is 9.87. The third-order valence-corrected chi connectivity index (χ3v) is 3.68. The van der Waals surface area contributed by atoms with Crippen LogP contribution in [0, 0.1) is 16.0 Å². The maximum Gasteiger partial charge on any atom is 0.311 e. The molecule has 1 fully saturated rings. The van der Waals surface area contributed by atoms with Crippen molar-refractivity contribution in [1.82, 2.24) is 4.98 Å². The fourth-order valence-electron chi connectivity index (χ4n) is 2.60. The van der Waals surface area contributed by atoms with Crippen LogP contribution in [0.5, 0.6) is 0 Å². The number of pyridine rings is 1. The first-order valence-corrected chi connectivity index (χ1v) is 6.81. The minimum absolute atomic E-state index is 0.0346. The molecule has 0 amide bonds. The molecule has 0 bridgehead atoms. The highest BCUT2D eigenvalue weighted by atomic mass is 16.6. The van der Waals surface area contributed by atoms with Crippen molar-refractivity contribution in [2.75, 3.05) is 17.6 Å². The van der Waals surface area contributed by atoms with Crippen LogP contribution in [-0.4, -0.2) is 16.5 Å². The van der Waals surface area contributed by atoms with Gasteiger partial charge in [-0.2, -0.15) is 0 Å². The molecule has 0 radical (unpaired) electrons. The summed E-state index contributed by atoms with van der Waals surface area (Å²) >= 11 is 0. The Balaban J connectivity index is 1.82. The molecule has 6 heteroatoms. The largest absolute Gasteiger partial charge is 0.378 e. The molecule has 0 spiro atoms. The van der Waals surface area contributed by atoms with Crippen molar-refractivity contribution >= 4 is 17.3 Å². The van der Waals surface area contributed by atoms with Gasteiger partial charge in [0.05, 0.1) is 4.92 Å². The zero-order chi connectivity index (χ0) is 13.7. The lowest BCUT2D eigenvalue weighted by Crippen LogP contribution is -2.13. The van der Waals surface area contributed by atoms with E-state index in [0.29, 0.717) is 5.82 Å². The molecule has 0 saturated heterocycles. The molecule has 1 aliphatic carbocycles. The predicted octanol–water partition coefficient (Wildman–Crippen LogP) is 2.95. The average molecular weight is 264 g/mol. The summed E-state index contributed by atoms with van der Waals surface area (Å²) in [6, 6.07) is 3.00. The van der Waals surface area contributed by atoms with Gasteiger partial charge in [0, 0.05) is 12.6 Å². The second kappa shape index (κ2) is 6.36. The van der Waals surface area contributed by atoms with Crippen LogP contribution >= 0.6 is 0 Å². The number of hydrogen-bond acceptors (Lipinski definition) is 5. The first-order valence-electron chi connectivity index (χ1n) is 6.81. The topological polar surface area (TPSA) is 94.1 Å². The van der Waals surface area contributed by atoms with E-state index in [1.54, 1.807) is 6.07 Å². The van der Waals surface area contributed by atoms with Crippen molar-refractivity contribution < 1.29 is 4.92 Å². The molecule has 104 valence electrons. The summed E-state index contributed by atoms with van der Waals surface area (Å²) in [4.78, 5) is 14.1. The number of nitro groups is 1. The second-order valence-electron chi connectivity index (χ2n) is 5.08. The first-order chi connectivity index (χ1) is 9.16. The highest BCUT2D eigenvalue weighted by Crippen LogP contribution is 2.26. The van der Waals surface area contributed by atoms with Gasteiger partial charge in [-0.25, -0.2) is 4.98 Å². The lowest BCUT2D eigenvalue weighted by Gasteiger charge is -2.21. The molecule has 3 N–H and O–H groups in total. The Morgan fingerprint density at radius 3 is 2.74 bits per heavy atom. The SMILES string of the molecule is Nc1nc(NCCC2CCCCC2)ccc1[N+](=O)[O-]. The summed E-state index contributed by atoms with van der Waals surface area (Å²) in [5.74, 6) is 1.38. The van der Waals surface area contributed by atoms with E-state index in [1.807, 2.05) is 0 Å². The number of aromatic nitrogens is 1. The third-order valence-electron chi connectivity index (χ3n) is 3.68. The van der Waals surface area contributed by atoms with E-state index >= 15 is 0 Å². The molecule has 6 nitrogen and oxygen atoms in total. The van der Waals surface area contributed by atoms with Crippen LogP contribution in [0.15, 0.2) is 12.1 Å². The molecule has 19 heavy (non-hydrogen) atoms. The molecule has 1 aromatic heterocycles. The molecule has 0 atom stereocenters. The van der Waals surface area contributed by atoms with Crippen LogP contribution in [0.4, 0.5) is 17.3 Å². The summed E-state index contributed by atoms with van der Waals surface area (Å²) in [5.41, 5.74) is 5.40. The van der Waals surface area contributed by atoms with Gasteiger partial charge in [0.25, 0.3) is 0 Å². The number of anilines is 2. The van der Waals surface area contributed by atoms with Crippen LogP contribution in [-0.2, 0) is 0 Å². The standard InChI is InChI=1S/C13H20N4O2/c14-13-11(17(18)19)6-7-12(16-13)15-9-8-10-4-2-1-3-5-10/h6-7,10H,1-5,8-9H2,(H3,14,15,16). The fourth-order valence-corrected chi connectivity index (χ4v) is 2.60. The second-order valence-corrected chi connectivity index (χ2v) is 5.08. The van der Waals surface area contributed by atoms with Gasteiger partial charge < -0.3 is 11.1 Å². The van der Waals surface area contributed by atoms with Gasteiger partial charge >= 0.3 is 5.69 Å². The summed E-state index contributed by atoms with van der Waals surface area (Å²) in [5, 5.41) is 13.8. The summed E-state index contributed by atoms with van der Waals surface area (Å²) in [6.45, 7) is 0.842. The highest BCUT2D eigenvalue weighted by Gasteiger charge is 2.14. The number of rotatable bonds is 5. The molecule has 0 unspecified atom stereocenters. The van der Waals surface area contributed by atoms with Gasteiger partial charge in [0.1, 0.15) is 5.82 Å². The van der Waals surface area contributed by atoms with Gasteiger partial charge in [-0.1, -0.05) is 32.1 Å². The zero-order valence-corrected chi connectivity index (χ0v) is 11.0. The van der Waals surface area contributed by atoms with Crippen molar-refractivity contribution in [1.29, 1.82) is 0 Å². The van der Waals surface area contributed by atoms with Crippen molar-refractivity contribution in [3.8, 4) is 0 Å². The van der Waals surface area contributed by atoms with Crippen LogP contribution in [0.2, 0.25) is 0 Å². The number of hydrogen-bond donors (Lipinski definition) is 2. The fraction of sp³-hybridized carbons (Fsp3) is 0.615. The third kappa shape index (κ3) is 3.81. The van der Waals surface area contributed by atoms with E-state index in [-0.39, 0.29) is 11.5 Å². The number of nitrogens with one attached hydrogen (secondary N) is 1. The summed E-state index contributed by atoms with van der Waals surface area (Å²) in [6.07, 6.45) is 7.80. The van der Waals surface area contributed by atoms with E-state index in [4.69, 9.17) is 5.73 Å². The van der Waals surface area contributed by atoms with E-state index in [0.717, 1.165) is 18.9 Å². The van der Waals surface area contributed by atoms with E-state index < -0.39 is 4.92 Å². The van der Waals surface area contributed by atoms with Crippen molar-refractivity contribution in [3.05, 3.63) is 22.2 Å². The van der Waals surface area contributed by atoms with Crippen LogP contribution < -0.4 is 11.1 Å². The van der Waals surface area contributed by atoms with Gasteiger partial charge in [-0.05, 0) is 18.4 Å². The number of nitrogen functional groups attached to an aromatic ring is 1. The molecule has 1 aromatic rings. The summed E-state index contributed by atoms with van der Waals surface area (Å²) < 4.78 is 0. The van der Waals surface area contributed by atoms with Crippen LogP contribution in [0.25, 0.3) is 0 Å². The quantitative estimate of drug-likeness (QED) is 0.629. The Labute approximate surface area is 112 Å². The molecular weight excluding hydrogens is 244 g/mol. The molecule has 1 saturated carbocycles.